The van der Waals surface area contributed by atoms with Gasteiger partial charge in [-0.15, -0.1) is 0 Å². The number of carbonyl (C=O) groups excluding carboxylic acids is 1. The number of carbonyl (C=O) groups is 1. The Bertz CT molecular complexity index is 662. The molecule has 7 nitrogen and oxygen atoms in total. The first kappa shape index (κ1) is 17.3. The van der Waals surface area contributed by atoms with Crippen molar-refractivity contribution in [3.05, 3.63) is 29.8 Å². The smallest absolute Gasteiger partial charge is 0.251 e. The summed E-state index contributed by atoms with van der Waals surface area (Å²) in [4.78, 5) is 12.3. The van der Waals surface area contributed by atoms with Gasteiger partial charge in [0.15, 0.2) is 0 Å². The molecule has 1 amide bonds. The van der Waals surface area contributed by atoms with E-state index in [4.69, 9.17) is 9.47 Å². The monoisotopic (exact) mass is 354 g/mol. The van der Waals surface area contributed by atoms with E-state index in [0.717, 1.165) is 19.4 Å². The number of sulfonamides is 1. The van der Waals surface area contributed by atoms with E-state index in [-0.39, 0.29) is 16.9 Å². The second-order valence-corrected chi connectivity index (χ2v) is 7.82. The Kier molecular flexibility index (Phi) is 5.50. The number of rotatable bonds is 5. The van der Waals surface area contributed by atoms with Gasteiger partial charge in [-0.05, 0) is 37.1 Å². The van der Waals surface area contributed by atoms with Crippen LogP contribution in [-0.2, 0) is 19.5 Å². The first-order valence-electron chi connectivity index (χ1n) is 8.15. The Labute approximate surface area is 142 Å². The molecule has 2 aliphatic heterocycles. The number of nitrogens with one attached hydrogen (secondary N) is 1. The van der Waals surface area contributed by atoms with Gasteiger partial charge in [0.2, 0.25) is 10.0 Å². The van der Waals surface area contributed by atoms with Gasteiger partial charge in [-0.1, -0.05) is 0 Å². The first-order chi connectivity index (χ1) is 11.6. The van der Waals surface area contributed by atoms with Crippen molar-refractivity contribution in [1.29, 1.82) is 0 Å². The Morgan fingerprint density at radius 2 is 1.88 bits per heavy atom. The zero-order valence-electron chi connectivity index (χ0n) is 13.4. The molecule has 0 aliphatic carbocycles. The molecule has 3 rings (SSSR count). The van der Waals surface area contributed by atoms with Gasteiger partial charge >= 0.3 is 0 Å². The van der Waals surface area contributed by atoms with E-state index in [1.807, 2.05) is 0 Å². The summed E-state index contributed by atoms with van der Waals surface area (Å²) in [5.74, 6) is -0.221. The van der Waals surface area contributed by atoms with Gasteiger partial charge in [0, 0.05) is 31.8 Å². The van der Waals surface area contributed by atoms with Crippen LogP contribution in [0.1, 0.15) is 23.2 Å². The second-order valence-electron chi connectivity index (χ2n) is 5.89. The fourth-order valence-corrected chi connectivity index (χ4v) is 4.24. The molecule has 1 atom stereocenters. The summed E-state index contributed by atoms with van der Waals surface area (Å²) in [5, 5.41) is 2.82. The molecule has 8 heteroatoms. The molecule has 0 radical (unpaired) electrons. The third kappa shape index (κ3) is 3.94. The van der Waals surface area contributed by atoms with Crippen molar-refractivity contribution in [3.63, 3.8) is 0 Å². The molecule has 1 N–H and O–H groups in total. The van der Waals surface area contributed by atoms with Crippen molar-refractivity contribution >= 4 is 15.9 Å². The minimum Gasteiger partial charge on any atom is -0.379 e. The van der Waals surface area contributed by atoms with Crippen molar-refractivity contribution < 1.29 is 22.7 Å². The molecule has 24 heavy (non-hydrogen) atoms. The fraction of sp³-hybridized carbons (Fsp3) is 0.562. The molecule has 1 aromatic rings. The largest absolute Gasteiger partial charge is 0.379 e. The summed E-state index contributed by atoms with van der Waals surface area (Å²) >= 11 is 0. The van der Waals surface area contributed by atoms with Crippen molar-refractivity contribution in [2.24, 2.45) is 0 Å². The summed E-state index contributed by atoms with van der Waals surface area (Å²) < 4.78 is 37.1. The van der Waals surface area contributed by atoms with E-state index in [1.165, 1.54) is 28.6 Å². The summed E-state index contributed by atoms with van der Waals surface area (Å²) in [6, 6.07) is 6.04. The molecule has 2 heterocycles. The van der Waals surface area contributed by atoms with Gasteiger partial charge in [-0.3, -0.25) is 4.79 Å². The quantitative estimate of drug-likeness (QED) is 0.838. The van der Waals surface area contributed by atoms with E-state index < -0.39 is 10.0 Å². The Hall–Kier alpha value is -1.48. The van der Waals surface area contributed by atoms with Gasteiger partial charge in [-0.2, -0.15) is 4.31 Å². The molecule has 0 saturated carbocycles. The maximum absolute atomic E-state index is 12.5. The molecule has 2 aliphatic rings. The first-order valence-corrected chi connectivity index (χ1v) is 9.59. The van der Waals surface area contributed by atoms with Crippen LogP contribution in [0.3, 0.4) is 0 Å². The van der Waals surface area contributed by atoms with E-state index in [9.17, 15) is 13.2 Å². The highest BCUT2D eigenvalue weighted by atomic mass is 32.2. The minimum atomic E-state index is -3.53. The Balaban J connectivity index is 1.62. The van der Waals surface area contributed by atoms with Gasteiger partial charge in [0.1, 0.15) is 0 Å². The lowest BCUT2D eigenvalue weighted by Gasteiger charge is -2.26. The van der Waals surface area contributed by atoms with E-state index >= 15 is 0 Å². The average Bonchev–Trinajstić information content (AvgIpc) is 3.14. The molecule has 2 fully saturated rings. The lowest BCUT2D eigenvalue weighted by Crippen LogP contribution is -2.40. The highest BCUT2D eigenvalue weighted by Crippen LogP contribution is 2.18. The lowest BCUT2D eigenvalue weighted by atomic mass is 10.2. The highest BCUT2D eigenvalue weighted by molar-refractivity contribution is 7.89. The zero-order valence-corrected chi connectivity index (χ0v) is 14.3. The molecular formula is C16H22N2O5S. The maximum atomic E-state index is 12.5. The van der Waals surface area contributed by atoms with Crippen LogP contribution >= 0.6 is 0 Å². The molecule has 1 aromatic carbocycles. The Morgan fingerprint density at radius 1 is 1.17 bits per heavy atom. The van der Waals surface area contributed by atoms with Crippen LogP contribution < -0.4 is 5.32 Å². The van der Waals surface area contributed by atoms with Crippen LogP contribution in [0.15, 0.2) is 29.2 Å². The predicted molar refractivity (Wildman–Crippen MR) is 87.3 cm³/mol. The van der Waals surface area contributed by atoms with Crippen LogP contribution in [0.5, 0.6) is 0 Å². The maximum Gasteiger partial charge on any atom is 0.251 e. The number of nitrogens with zero attached hydrogens (tertiary/aromatic N) is 1. The lowest BCUT2D eigenvalue weighted by molar-refractivity contribution is 0.0730. The van der Waals surface area contributed by atoms with E-state index in [1.54, 1.807) is 0 Å². The van der Waals surface area contributed by atoms with Gasteiger partial charge < -0.3 is 14.8 Å². The fourth-order valence-electron chi connectivity index (χ4n) is 2.83. The zero-order chi connectivity index (χ0) is 17.0. The molecule has 0 unspecified atom stereocenters. The number of ether oxygens (including phenoxy) is 2. The molecule has 132 valence electrons. The van der Waals surface area contributed by atoms with E-state index in [2.05, 4.69) is 5.32 Å². The van der Waals surface area contributed by atoms with Crippen molar-refractivity contribution in [1.82, 2.24) is 9.62 Å². The summed E-state index contributed by atoms with van der Waals surface area (Å²) in [5.41, 5.74) is 0.439. The summed E-state index contributed by atoms with van der Waals surface area (Å²) in [7, 11) is -3.53. The minimum absolute atomic E-state index is 0.0786. The Morgan fingerprint density at radius 3 is 2.50 bits per heavy atom. The van der Waals surface area contributed by atoms with Gasteiger partial charge in [0.05, 0.1) is 24.2 Å². The van der Waals surface area contributed by atoms with Crippen molar-refractivity contribution in [2.45, 2.75) is 23.8 Å². The molecule has 0 bridgehead atoms. The van der Waals surface area contributed by atoms with Gasteiger partial charge in [0.25, 0.3) is 5.91 Å². The van der Waals surface area contributed by atoms with Gasteiger partial charge in [-0.25, -0.2) is 8.42 Å². The second kappa shape index (κ2) is 7.60. The van der Waals surface area contributed by atoms with Crippen LogP contribution in [0.4, 0.5) is 0 Å². The SMILES string of the molecule is O=C(NC[C@H]1CCCO1)c1ccc(S(=O)(=O)N2CCOCC2)cc1. The average molecular weight is 354 g/mol. The molecule has 0 aromatic heterocycles. The molecular weight excluding hydrogens is 332 g/mol. The standard InChI is InChI=1S/C16H22N2O5S/c19-16(17-12-14-2-1-9-23-14)13-3-5-15(6-4-13)24(20,21)18-7-10-22-11-8-18/h3-6,14H,1-2,7-12H2,(H,17,19)/t14-/m1/s1. The molecule has 2 saturated heterocycles. The number of hydrogen-bond acceptors (Lipinski definition) is 5. The van der Waals surface area contributed by atoms with Crippen molar-refractivity contribution in [2.75, 3.05) is 39.5 Å². The van der Waals surface area contributed by atoms with E-state index in [0.29, 0.717) is 38.4 Å². The topological polar surface area (TPSA) is 84.9 Å². The normalized spacial score (nSPS) is 22.4. The molecule has 0 spiro atoms. The van der Waals surface area contributed by atoms with Crippen LogP contribution in [0, 0.1) is 0 Å². The highest BCUT2D eigenvalue weighted by Gasteiger charge is 2.26. The third-order valence-corrected chi connectivity index (χ3v) is 6.15. The van der Waals surface area contributed by atoms with Crippen molar-refractivity contribution in [3.8, 4) is 0 Å². The predicted octanol–water partition coefficient (Wildman–Crippen LogP) is 0.616. The number of amides is 1. The summed E-state index contributed by atoms with van der Waals surface area (Å²) in [6.45, 7) is 2.74. The number of benzene rings is 1. The van der Waals surface area contributed by atoms with Crippen LogP contribution in [0.25, 0.3) is 0 Å². The van der Waals surface area contributed by atoms with Crippen LogP contribution in [-0.4, -0.2) is 64.2 Å². The van der Waals surface area contributed by atoms with Crippen LogP contribution in [0.2, 0.25) is 0 Å². The number of hydrogen-bond donors (Lipinski definition) is 1. The number of morpholine rings is 1. The summed E-state index contributed by atoms with van der Waals surface area (Å²) in [6.07, 6.45) is 2.06. The third-order valence-electron chi connectivity index (χ3n) is 4.24.